The molecule has 0 atom stereocenters. The Hall–Kier alpha value is -3.13. The van der Waals surface area contributed by atoms with Crippen LogP contribution in [-0.2, 0) is 0 Å². The highest BCUT2D eigenvalue weighted by Crippen LogP contribution is 2.32. The average Bonchev–Trinajstić information content (AvgIpc) is 3.15. The SMILES string of the molecule is COc1cccc(C(=O)Nc2nc(-c3ccc(OC)c(OC)c3)ns2)c1. The van der Waals surface area contributed by atoms with E-state index in [2.05, 4.69) is 14.7 Å². The molecule has 0 fully saturated rings. The number of hydrogen-bond acceptors (Lipinski definition) is 7. The standard InChI is InChI=1S/C18H17N3O4S/c1-23-13-6-4-5-12(9-13)17(22)20-18-19-16(21-26-18)11-7-8-14(24-2)15(10-11)25-3/h4-10H,1-3H3,(H,19,20,21,22). The normalized spacial score (nSPS) is 10.3. The molecule has 8 heteroatoms. The van der Waals surface area contributed by atoms with E-state index in [-0.39, 0.29) is 5.91 Å². The van der Waals surface area contributed by atoms with E-state index in [4.69, 9.17) is 14.2 Å². The van der Waals surface area contributed by atoms with E-state index in [0.717, 1.165) is 17.1 Å². The number of carbonyl (C=O) groups is 1. The lowest BCUT2D eigenvalue weighted by Crippen LogP contribution is -2.11. The van der Waals surface area contributed by atoms with E-state index in [1.165, 1.54) is 0 Å². The number of carbonyl (C=O) groups excluding carboxylic acids is 1. The Bertz CT molecular complexity index is 926. The molecule has 0 unspecified atom stereocenters. The summed E-state index contributed by atoms with van der Waals surface area (Å²) in [4.78, 5) is 16.7. The molecule has 0 saturated heterocycles. The van der Waals surface area contributed by atoms with Crippen molar-refractivity contribution >= 4 is 22.6 Å². The Balaban J connectivity index is 1.78. The lowest BCUT2D eigenvalue weighted by atomic mass is 10.2. The lowest BCUT2D eigenvalue weighted by Gasteiger charge is -2.07. The molecule has 1 heterocycles. The van der Waals surface area contributed by atoms with Crippen molar-refractivity contribution in [3.05, 3.63) is 48.0 Å². The molecule has 1 N–H and O–H groups in total. The minimum atomic E-state index is -0.279. The summed E-state index contributed by atoms with van der Waals surface area (Å²) in [5.74, 6) is 2.04. The molecule has 2 aromatic carbocycles. The van der Waals surface area contributed by atoms with Crippen LogP contribution in [0.3, 0.4) is 0 Å². The van der Waals surface area contributed by atoms with Gasteiger partial charge in [0.1, 0.15) is 5.75 Å². The highest BCUT2D eigenvalue weighted by molar-refractivity contribution is 7.10. The molecule has 0 bridgehead atoms. The number of benzene rings is 2. The first kappa shape index (κ1) is 17.7. The fraction of sp³-hybridized carbons (Fsp3) is 0.167. The van der Waals surface area contributed by atoms with Crippen molar-refractivity contribution < 1.29 is 19.0 Å². The van der Waals surface area contributed by atoms with Gasteiger partial charge in [0.05, 0.1) is 21.3 Å². The number of rotatable bonds is 6. The van der Waals surface area contributed by atoms with Gasteiger partial charge in [0.15, 0.2) is 17.3 Å². The van der Waals surface area contributed by atoms with Crippen LogP contribution in [0.1, 0.15) is 10.4 Å². The molecule has 0 saturated carbocycles. The second kappa shape index (κ2) is 7.83. The highest BCUT2D eigenvalue weighted by Gasteiger charge is 2.13. The van der Waals surface area contributed by atoms with E-state index in [9.17, 15) is 4.79 Å². The third-order valence-corrected chi connectivity index (χ3v) is 4.25. The van der Waals surface area contributed by atoms with Gasteiger partial charge in [0.2, 0.25) is 5.13 Å². The van der Waals surface area contributed by atoms with E-state index in [0.29, 0.717) is 33.8 Å². The summed E-state index contributed by atoms with van der Waals surface area (Å²) >= 11 is 1.10. The molecular formula is C18H17N3O4S. The molecule has 134 valence electrons. The second-order valence-electron chi connectivity index (χ2n) is 5.18. The molecule has 3 aromatic rings. The van der Waals surface area contributed by atoms with E-state index in [1.54, 1.807) is 57.7 Å². The van der Waals surface area contributed by atoms with Gasteiger partial charge in [0.25, 0.3) is 5.91 Å². The number of aromatic nitrogens is 2. The molecular weight excluding hydrogens is 354 g/mol. The average molecular weight is 371 g/mol. The Morgan fingerprint density at radius 3 is 2.54 bits per heavy atom. The molecule has 1 aromatic heterocycles. The van der Waals surface area contributed by atoms with Crippen LogP contribution in [0.15, 0.2) is 42.5 Å². The second-order valence-corrected chi connectivity index (χ2v) is 5.93. The van der Waals surface area contributed by atoms with E-state index >= 15 is 0 Å². The molecule has 7 nitrogen and oxygen atoms in total. The number of methoxy groups -OCH3 is 3. The molecule has 0 aliphatic carbocycles. The summed E-state index contributed by atoms with van der Waals surface area (Å²) in [6.45, 7) is 0. The van der Waals surface area contributed by atoms with Crippen LogP contribution in [-0.4, -0.2) is 36.6 Å². The van der Waals surface area contributed by atoms with Crippen LogP contribution < -0.4 is 19.5 Å². The summed E-state index contributed by atoms with van der Waals surface area (Å²) in [6.07, 6.45) is 0. The van der Waals surface area contributed by atoms with Crippen molar-refractivity contribution in [3.63, 3.8) is 0 Å². The maximum Gasteiger partial charge on any atom is 0.257 e. The first-order valence-corrected chi connectivity index (χ1v) is 8.43. The quantitative estimate of drug-likeness (QED) is 0.714. The topological polar surface area (TPSA) is 82.6 Å². The monoisotopic (exact) mass is 371 g/mol. The summed E-state index contributed by atoms with van der Waals surface area (Å²) in [5.41, 5.74) is 1.24. The minimum Gasteiger partial charge on any atom is -0.497 e. The van der Waals surface area contributed by atoms with Gasteiger partial charge < -0.3 is 14.2 Å². The van der Waals surface area contributed by atoms with Crippen molar-refractivity contribution in [2.24, 2.45) is 0 Å². The van der Waals surface area contributed by atoms with Crippen LogP contribution >= 0.6 is 11.5 Å². The third kappa shape index (κ3) is 3.75. The van der Waals surface area contributed by atoms with Crippen molar-refractivity contribution in [1.82, 2.24) is 9.36 Å². The number of nitrogens with zero attached hydrogens (tertiary/aromatic N) is 2. The Kier molecular flexibility index (Phi) is 5.33. The number of anilines is 1. The number of amides is 1. The van der Waals surface area contributed by atoms with Crippen LogP contribution in [0.2, 0.25) is 0 Å². The maximum absolute atomic E-state index is 12.3. The first-order valence-electron chi connectivity index (χ1n) is 7.66. The summed E-state index contributed by atoms with van der Waals surface area (Å²) in [7, 11) is 4.69. The Morgan fingerprint density at radius 1 is 1.00 bits per heavy atom. The molecule has 26 heavy (non-hydrogen) atoms. The number of ether oxygens (including phenoxy) is 3. The largest absolute Gasteiger partial charge is 0.497 e. The van der Waals surface area contributed by atoms with Crippen LogP contribution in [0.4, 0.5) is 5.13 Å². The molecule has 0 aliphatic heterocycles. The van der Waals surface area contributed by atoms with Crippen LogP contribution in [0.5, 0.6) is 17.2 Å². The third-order valence-electron chi connectivity index (χ3n) is 3.62. The van der Waals surface area contributed by atoms with Crippen LogP contribution in [0, 0.1) is 0 Å². The highest BCUT2D eigenvalue weighted by atomic mass is 32.1. The van der Waals surface area contributed by atoms with E-state index < -0.39 is 0 Å². The van der Waals surface area contributed by atoms with Crippen molar-refractivity contribution in [2.75, 3.05) is 26.6 Å². The van der Waals surface area contributed by atoms with Crippen molar-refractivity contribution in [3.8, 4) is 28.6 Å². The van der Waals surface area contributed by atoms with Gasteiger partial charge in [0, 0.05) is 22.7 Å². The molecule has 0 spiro atoms. The fourth-order valence-corrected chi connectivity index (χ4v) is 2.89. The van der Waals surface area contributed by atoms with E-state index in [1.807, 2.05) is 6.07 Å². The van der Waals surface area contributed by atoms with Gasteiger partial charge in [-0.3, -0.25) is 10.1 Å². The van der Waals surface area contributed by atoms with Crippen LogP contribution in [0.25, 0.3) is 11.4 Å². The minimum absolute atomic E-state index is 0.279. The number of nitrogens with one attached hydrogen (secondary N) is 1. The van der Waals surface area contributed by atoms with Crippen molar-refractivity contribution in [1.29, 1.82) is 0 Å². The predicted molar refractivity (Wildman–Crippen MR) is 99.4 cm³/mol. The van der Waals surface area contributed by atoms with Gasteiger partial charge in [-0.05, 0) is 36.4 Å². The Labute approximate surface area is 154 Å². The maximum atomic E-state index is 12.3. The molecule has 0 radical (unpaired) electrons. The zero-order valence-electron chi connectivity index (χ0n) is 14.5. The lowest BCUT2D eigenvalue weighted by molar-refractivity contribution is 0.102. The predicted octanol–water partition coefficient (Wildman–Crippen LogP) is 3.48. The molecule has 3 rings (SSSR count). The van der Waals surface area contributed by atoms with Gasteiger partial charge in [-0.25, -0.2) is 0 Å². The molecule has 0 aliphatic rings. The summed E-state index contributed by atoms with van der Waals surface area (Å²) < 4.78 is 19.9. The number of hydrogen-bond donors (Lipinski definition) is 1. The first-order chi connectivity index (χ1) is 12.6. The smallest absolute Gasteiger partial charge is 0.257 e. The van der Waals surface area contributed by atoms with Gasteiger partial charge in [-0.1, -0.05) is 6.07 Å². The zero-order chi connectivity index (χ0) is 18.5. The molecule has 1 amide bonds. The van der Waals surface area contributed by atoms with Gasteiger partial charge in [-0.15, -0.1) is 0 Å². The summed E-state index contributed by atoms with van der Waals surface area (Å²) in [5, 5.41) is 3.15. The van der Waals surface area contributed by atoms with Crippen molar-refractivity contribution in [2.45, 2.75) is 0 Å². The Morgan fingerprint density at radius 2 is 1.81 bits per heavy atom. The summed E-state index contributed by atoms with van der Waals surface area (Å²) in [6, 6.07) is 12.3. The fourth-order valence-electron chi connectivity index (χ4n) is 2.30. The van der Waals surface area contributed by atoms with Gasteiger partial charge in [-0.2, -0.15) is 9.36 Å². The van der Waals surface area contributed by atoms with Gasteiger partial charge >= 0.3 is 0 Å². The zero-order valence-corrected chi connectivity index (χ0v) is 15.3.